The van der Waals surface area contributed by atoms with Gasteiger partial charge in [0.2, 0.25) is 5.76 Å². The Morgan fingerprint density at radius 2 is 2.06 bits per heavy atom. The van der Waals surface area contributed by atoms with Crippen molar-refractivity contribution >= 4 is 17.5 Å². The lowest BCUT2D eigenvalue weighted by Crippen LogP contribution is -2.46. The van der Waals surface area contributed by atoms with Gasteiger partial charge in [-0.05, 0) is 37.9 Å². The quantitative estimate of drug-likeness (QED) is 0.735. The number of carbonyl (C=O) groups excluding carboxylic acids is 2. The highest BCUT2D eigenvalue weighted by atomic mass is 16.5. The molecular formula is C24H34N4O5. The maximum Gasteiger partial charge on any atom is 0.294 e. The molecule has 9 nitrogen and oxygen atoms in total. The van der Waals surface area contributed by atoms with Gasteiger partial charge in [-0.2, -0.15) is 0 Å². The number of rotatable bonds is 5. The van der Waals surface area contributed by atoms with E-state index in [9.17, 15) is 9.59 Å². The molecule has 1 aliphatic rings. The van der Waals surface area contributed by atoms with Crippen LogP contribution < -0.4 is 10.1 Å². The number of methoxy groups -OCH3 is 1. The van der Waals surface area contributed by atoms with Gasteiger partial charge in [-0.15, -0.1) is 0 Å². The van der Waals surface area contributed by atoms with Crippen LogP contribution in [0, 0.1) is 5.92 Å². The summed E-state index contributed by atoms with van der Waals surface area (Å²) in [4.78, 5) is 29.7. The van der Waals surface area contributed by atoms with Crippen molar-refractivity contribution in [3.05, 3.63) is 41.8 Å². The third-order valence-electron chi connectivity index (χ3n) is 6.01. The molecular weight excluding hydrogens is 424 g/mol. The monoisotopic (exact) mass is 458 g/mol. The van der Waals surface area contributed by atoms with Gasteiger partial charge in [0.05, 0.1) is 17.9 Å². The number of ether oxygens (including phenoxy) is 2. The van der Waals surface area contributed by atoms with Gasteiger partial charge in [0.1, 0.15) is 12.4 Å². The van der Waals surface area contributed by atoms with Crippen molar-refractivity contribution in [3.8, 4) is 5.75 Å². The predicted molar refractivity (Wildman–Crippen MR) is 125 cm³/mol. The number of aromatic nitrogens is 1. The summed E-state index contributed by atoms with van der Waals surface area (Å²) in [6.07, 6.45) is 2.35. The largest absolute Gasteiger partial charge is 0.491 e. The predicted octanol–water partition coefficient (Wildman–Crippen LogP) is 3.14. The number of hydrogen-bond acceptors (Lipinski definition) is 7. The zero-order valence-electron chi connectivity index (χ0n) is 20.0. The SMILES string of the molecule is CCCN1C[C@@H](C)[C@H](OC)CN(C)C(=O)c2ccc(NC(=O)c3ccno3)cc2OC[C@H]1C. The highest BCUT2D eigenvalue weighted by Gasteiger charge is 2.28. The molecule has 3 atom stereocenters. The van der Waals surface area contributed by atoms with Crippen molar-refractivity contribution in [1.29, 1.82) is 0 Å². The van der Waals surface area contributed by atoms with Crippen LogP contribution in [0.15, 0.2) is 35.0 Å². The van der Waals surface area contributed by atoms with E-state index in [0.717, 1.165) is 19.5 Å². The second-order valence-electron chi connectivity index (χ2n) is 8.63. The van der Waals surface area contributed by atoms with Crippen LogP contribution in [0.4, 0.5) is 5.69 Å². The minimum atomic E-state index is -0.427. The summed E-state index contributed by atoms with van der Waals surface area (Å²) in [5.41, 5.74) is 0.937. The summed E-state index contributed by atoms with van der Waals surface area (Å²) in [7, 11) is 3.46. The minimum Gasteiger partial charge on any atom is -0.491 e. The first-order chi connectivity index (χ1) is 15.8. The van der Waals surface area contributed by atoms with Gasteiger partial charge >= 0.3 is 0 Å². The number of nitrogens with one attached hydrogen (secondary N) is 1. The molecule has 33 heavy (non-hydrogen) atoms. The number of nitrogens with zero attached hydrogens (tertiary/aromatic N) is 3. The number of carbonyl (C=O) groups is 2. The number of anilines is 1. The Hall–Kier alpha value is -2.91. The summed E-state index contributed by atoms with van der Waals surface area (Å²) < 4.78 is 16.8. The topological polar surface area (TPSA) is 97.1 Å². The van der Waals surface area contributed by atoms with E-state index in [0.29, 0.717) is 30.2 Å². The van der Waals surface area contributed by atoms with Crippen molar-refractivity contribution in [1.82, 2.24) is 15.0 Å². The average Bonchev–Trinajstić information content (AvgIpc) is 3.34. The van der Waals surface area contributed by atoms with E-state index in [1.807, 2.05) is 0 Å². The highest BCUT2D eigenvalue weighted by molar-refractivity contribution is 6.03. The first-order valence-electron chi connectivity index (χ1n) is 11.3. The van der Waals surface area contributed by atoms with Crippen LogP contribution in [0.1, 0.15) is 48.1 Å². The molecule has 2 amide bonds. The van der Waals surface area contributed by atoms with Crippen LogP contribution in [-0.4, -0.2) is 79.3 Å². The van der Waals surface area contributed by atoms with Gasteiger partial charge in [0, 0.05) is 51.1 Å². The molecule has 0 saturated heterocycles. The molecule has 0 fully saturated rings. The molecule has 0 unspecified atom stereocenters. The molecule has 2 heterocycles. The Kier molecular flexibility index (Phi) is 8.46. The van der Waals surface area contributed by atoms with Crippen molar-refractivity contribution in [2.45, 2.75) is 39.3 Å². The summed E-state index contributed by atoms with van der Waals surface area (Å²) in [5, 5.41) is 6.32. The van der Waals surface area contributed by atoms with Crippen LogP contribution in [0.25, 0.3) is 0 Å². The minimum absolute atomic E-state index is 0.0882. The second kappa shape index (κ2) is 11.3. The lowest BCUT2D eigenvalue weighted by molar-refractivity contribution is 0.0108. The molecule has 0 bridgehead atoms. The van der Waals surface area contributed by atoms with Crippen LogP contribution in [0.5, 0.6) is 5.75 Å². The Morgan fingerprint density at radius 3 is 2.73 bits per heavy atom. The van der Waals surface area contributed by atoms with Gasteiger partial charge in [-0.1, -0.05) is 19.0 Å². The van der Waals surface area contributed by atoms with Crippen molar-refractivity contribution in [3.63, 3.8) is 0 Å². The van der Waals surface area contributed by atoms with Crippen LogP contribution in [0.2, 0.25) is 0 Å². The standard InChI is InChI=1S/C24H34N4O5/c1-6-11-28-13-16(2)22(31-5)14-27(4)24(30)19-8-7-18(12-21(19)32-15-17(28)3)26-23(29)20-9-10-25-33-20/h7-10,12,16-17,22H,6,11,13-15H2,1-5H3,(H,26,29)/t16-,17-,22-/m1/s1. The molecule has 180 valence electrons. The highest BCUT2D eigenvalue weighted by Crippen LogP contribution is 2.27. The normalized spacial score (nSPS) is 22.6. The summed E-state index contributed by atoms with van der Waals surface area (Å²) >= 11 is 0. The molecule has 2 aromatic rings. The van der Waals surface area contributed by atoms with Crippen molar-refractivity contribution in [2.24, 2.45) is 5.92 Å². The third kappa shape index (κ3) is 6.11. The molecule has 0 aliphatic carbocycles. The number of fused-ring (bicyclic) bond motifs is 1. The van der Waals surface area contributed by atoms with Crippen LogP contribution >= 0.6 is 0 Å². The Morgan fingerprint density at radius 1 is 1.27 bits per heavy atom. The van der Waals surface area contributed by atoms with Crippen LogP contribution in [-0.2, 0) is 4.74 Å². The van der Waals surface area contributed by atoms with E-state index in [1.54, 1.807) is 37.3 Å². The van der Waals surface area contributed by atoms with Gasteiger partial charge in [0.15, 0.2) is 0 Å². The van der Waals surface area contributed by atoms with Crippen molar-refractivity contribution < 1.29 is 23.6 Å². The first-order valence-corrected chi connectivity index (χ1v) is 11.3. The van der Waals surface area contributed by atoms with Gasteiger partial charge in [-0.25, -0.2) is 0 Å². The summed E-state index contributed by atoms with van der Waals surface area (Å²) in [6.45, 7) is 9.11. The zero-order valence-corrected chi connectivity index (χ0v) is 20.0. The summed E-state index contributed by atoms with van der Waals surface area (Å²) in [5.74, 6) is 0.178. The lowest BCUT2D eigenvalue weighted by atomic mass is 10.0. The van der Waals surface area contributed by atoms with Gasteiger partial charge < -0.3 is 24.2 Å². The fraction of sp³-hybridized carbons (Fsp3) is 0.542. The Bertz CT molecular complexity index is 933. The van der Waals surface area contributed by atoms with Crippen LogP contribution in [0.3, 0.4) is 0 Å². The third-order valence-corrected chi connectivity index (χ3v) is 6.01. The smallest absolute Gasteiger partial charge is 0.294 e. The fourth-order valence-corrected chi connectivity index (χ4v) is 4.05. The van der Waals surface area contributed by atoms with E-state index in [2.05, 4.69) is 36.1 Å². The molecule has 1 N–H and O–H groups in total. The number of likely N-dealkylation sites (N-methyl/N-ethyl adjacent to an activating group) is 1. The molecule has 0 saturated carbocycles. The van der Waals surface area contributed by atoms with E-state index in [-0.39, 0.29) is 29.7 Å². The van der Waals surface area contributed by atoms with E-state index < -0.39 is 5.91 Å². The molecule has 1 aromatic carbocycles. The van der Waals surface area contributed by atoms with Crippen molar-refractivity contribution in [2.75, 3.05) is 45.7 Å². The maximum absolute atomic E-state index is 13.3. The fourth-order valence-electron chi connectivity index (χ4n) is 4.05. The average molecular weight is 459 g/mol. The summed E-state index contributed by atoms with van der Waals surface area (Å²) in [6, 6.07) is 6.65. The lowest BCUT2D eigenvalue weighted by Gasteiger charge is -2.35. The van der Waals surface area contributed by atoms with Gasteiger partial charge in [-0.3, -0.25) is 14.5 Å². The Labute approximate surface area is 195 Å². The molecule has 9 heteroatoms. The number of hydrogen-bond donors (Lipinski definition) is 1. The Balaban J connectivity index is 1.91. The van der Waals surface area contributed by atoms with E-state index in [1.165, 1.54) is 12.3 Å². The molecule has 1 aromatic heterocycles. The number of benzene rings is 1. The van der Waals surface area contributed by atoms with E-state index >= 15 is 0 Å². The maximum atomic E-state index is 13.3. The first kappa shape index (κ1) is 24.7. The zero-order chi connectivity index (χ0) is 24.0. The molecule has 0 spiro atoms. The molecule has 3 rings (SSSR count). The molecule has 1 aliphatic heterocycles. The van der Waals surface area contributed by atoms with Gasteiger partial charge in [0.25, 0.3) is 11.8 Å². The molecule has 0 radical (unpaired) electrons. The van der Waals surface area contributed by atoms with E-state index in [4.69, 9.17) is 14.0 Å². The second-order valence-corrected chi connectivity index (χ2v) is 8.63. The number of amides is 2.